The van der Waals surface area contributed by atoms with E-state index in [2.05, 4.69) is 19.2 Å². The van der Waals surface area contributed by atoms with Gasteiger partial charge in [-0.3, -0.25) is 4.79 Å². The Labute approximate surface area is 106 Å². The van der Waals surface area contributed by atoms with Crippen molar-refractivity contribution in [3.05, 3.63) is 35.6 Å². The number of rotatable bonds is 5. The first kappa shape index (κ1) is 14.0. The highest BCUT2D eigenvalue weighted by atomic mass is 35.5. The lowest BCUT2D eigenvalue weighted by molar-refractivity contribution is 0.0949. The molecule has 1 atom stereocenters. The minimum absolute atomic E-state index is 0.0564. The number of carbonyl (C=O) groups excluding carboxylic acids is 1. The van der Waals surface area contributed by atoms with Crippen molar-refractivity contribution in [2.45, 2.75) is 25.6 Å². The van der Waals surface area contributed by atoms with Crippen molar-refractivity contribution in [3.63, 3.8) is 0 Å². The van der Waals surface area contributed by atoms with Crippen LogP contribution in [-0.2, 0) is 0 Å². The fraction of sp³-hybridized carbons (Fsp3) is 0.462. The smallest absolute Gasteiger partial charge is 0.254 e. The Morgan fingerprint density at radius 3 is 2.65 bits per heavy atom. The minimum Gasteiger partial charge on any atom is -0.350 e. The second-order valence-electron chi connectivity index (χ2n) is 4.42. The Bertz CT molecular complexity index is 381. The zero-order valence-electron chi connectivity index (χ0n) is 10.0. The summed E-state index contributed by atoms with van der Waals surface area (Å²) >= 11 is 6.04. The molecule has 1 N–H and O–H groups in total. The third-order valence-electron chi connectivity index (χ3n) is 2.33. The van der Waals surface area contributed by atoms with Crippen LogP contribution >= 0.6 is 11.6 Å². The lowest BCUT2D eigenvalue weighted by Crippen LogP contribution is -2.30. The number of alkyl halides is 1. The van der Waals surface area contributed by atoms with E-state index in [0.717, 1.165) is 6.42 Å². The molecule has 1 aromatic carbocycles. The van der Waals surface area contributed by atoms with Gasteiger partial charge in [-0.2, -0.15) is 0 Å². The molecule has 0 saturated heterocycles. The SMILES string of the molecule is CC(C)CC(Cl)CNC(=O)c1ccccc1F. The summed E-state index contributed by atoms with van der Waals surface area (Å²) in [7, 11) is 0. The number of carbonyl (C=O) groups is 1. The van der Waals surface area contributed by atoms with Crippen molar-refractivity contribution in [2.75, 3.05) is 6.54 Å². The van der Waals surface area contributed by atoms with Crippen LogP contribution in [0.25, 0.3) is 0 Å². The van der Waals surface area contributed by atoms with Crippen molar-refractivity contribution in [2.24, 2.45) is 5.92 Å². The highest BCUT2D eigenvalue weighted by molar-refractivity contribution is 6.20. The van der Waals surface area contributed by atoms with E-state index < -0.39 is 11.7 Å². The van der Waals surface area contributed by atoms with Crippen LogP contribution in [0.3, 0.4) is 0 Å². The molecule has 0 aliphatic rings. The topological polar surface area (TPSA) is 29.1 Å². The Morgan fingerprint density at radius 2 is 2.06 bits per heavy atom. The van der Waals surface area contributed by atoms with Gasteiger partial charge in [0.25, 0.3) is 5.91 Å². The van der Waals surface area contributed by atoms with Gasteiger partial charge in [0, 0.05) is 6.54 Å². The molecule has 0 aliphatic heterocycles. The van der Waals surface area contributed by atoms with Crippen LogP contribution in [0.15, 0.2) is 24.3 Å². The summed E-state index contributed by atoms with van der Waals surface area (Å²) in [6, 6.07) is 5.90. The third-order valence-corrected chi connectivity index (χ3v) is 2.66. The first-order valence-corrected chi connectivity index (χ1v) is 6.11. The molecule has 1 unspecified atom stereocenters. The van der Waals surface area contributed by atoms with E-state index in [4.69, 9.17) is 11.6 Å². The van der Waals surface area contributed by atoms with E-state index in [-0.39, 0.29) is 10.9 Å². The Balaban J connectivity index is 2.48. The van der Waals surface area contributed by atoms with Gasteiger partial charge >= 0.3 is 0 Å². The zero-order valence-corrected chi connectivity index (χ0v) is 10.8. The van der Waals surface area contributed by atoms with Gasteiger partial charge < -0.3 is 5.32 Å². The maximum absolute atomic E-state index is 13.3. The molecule has 2 nitrogen and oxygen atoms in total. The minimum atomic E-state index is -0.514. The first-order valence-electron chi connectivity index (χ1n) is 5.67. The van der Waals surface area contributed by atoms with Gasteiger partial charge in [0.1, 0.15) is 5.82 Å². The lowest BCUT2D eigenvalue weighted by Gasteiger charge is -2.13. The molecule has 1 amide bonds. The quantitative estimate of drug-likeness (QED) is 0.807. The van der Waals surface area contributed by atoms with Crippen LogP contribution < -0.4 is 5.32 Å². The summed E-state index contributed by atoms with van der Waals surface area (Å²) in [6.45, 7) is 4.48. The molecular formula is C13H17ClFNO. The summed E-state index contributed by atoms with van der Waals surface area (Å²) in [5.41, 5.74) is 0.0564. The molecule has 0 aliphatic carbocycles. The molecule has 17 heavy (non-hydrogen) atoms. The summed E-state index contributed by atoms with van der Waals surface area (Å²) in [4.78, 5) is 11.6. The lowest BCUT2D eigenvalue weighted by atomic mass is 10.1. The van der Waals surface area contributed by atoms with Crippen LogP contribution in [0.1, 0.15) is 30.6 Å². The second-order valence-corrected chi connectivity index (χ2v) is 5.03. The van der Waals surface area contributed by atoms with E-state index in [1.54, 1.807) is 12.1 Å². The normalized spacial score (nSPS) is 12.5. The summed E-state index contributed by atoms with van der Waals surface area (Å²) in [5, 5.41) is 2.51. The molecule has 1 rings (SSSR count). The monoisotopic (exact) mass is 257 g/mol. The highest BCUT2D eigenvalue weighted by Crippen LogP contribution is 2.10. The predicted octanol–water partition coefficient (Wildman–Crippen LogP) is 3.21. The van der Waals surface area contributed by atoms with Crippen LogP contribution in [0.5, 0.6) is 0 Å². The van der Waals surface area contributed by atoms with Crippen LogP contribution in [-0.4, -0.2) is 17.8 Å². The molecule has 94 valence electrons. The first-order chi connectivity index (χ1) is 8.00. The van der Waals surface area contributed by atoms with Gasteiger partial charge in [-0.25, -0.2) is 4.39 Å². The average Bonchev–Trinajstić information content (AvgIpc) is 2.25. The fourth-order valence-electron chi connectivity index (χ4n) is 1.54. The Morgan fingerprint density at radius 1 is 1.41 bits per heavy atom. The Kier molecular flexibility index (Phi) is 5.42. The van der Waals surface area contributed by atoms with Gasteiger partial charge in [0.15, 0.2) is 0 Å². The standard InChI is InChI=1S/C13H17ClFNO/c1-9(2)7-10(14)8-16-13(17)11-5-3-4-6-12(11)15/h3-6,9-10H,7-8H2,1-2H3,(H,16,17). The van der Waals surface area contributed by atoms with Crippen LogP contribution in [0, 0.1) is 11.7 Å². The summed E-state index contributed by atoms with van der Waals surface area (Å²) in [6.07, 6.45) is 0.819. The van der Waals surface area contributed by atoms with Crippen molar-refractivity contribution < 1.29 is 9.18 Å². The Hall–Kier alpha value is -1.09. The van der Waals surface area contributed by atoms with Crippen molar-refractivity contribution in [1.29, 1.82) is 0 Å². The molecule has 0 radical (unpaired) electrons. The van der Waals surface area contributed by atoms with E-state index in [1.165, 1.54) is 12.1 Å². The number of hydrogen-bond donors (Lipinski definition) is 1. The molecule has 0 bridgehead atoms. The van der Waals surface area contributed by atoms with Gasteiger partial charge in [-0.15, -0.1) is 11.6 Å². The summed E-state index contributed by atoms with van der Waals surface area (Å²) < 4.78 is 13.3. The van der Waals surface area contributed by atoms with E-state index in [1.807, 2.05) is 0 Å². The van der Waals surface area contributed by atoms with Crippen LogP contribution in [0.4, 0.5) is 4.39 Å². The fourth-order valence-corrected chi connectivity index (χ4v) is 1.97. The zero-order chi connectivity index (χ0) is 12.8. The maximum Gasteiger partial charge on any atom is 0.254 e. The van der Waals surface area contributed by atoms with Crippen LogP contribution in [0.2, 0.25) is 0 Å². The predicted molar refractivity (Wildman–Crippen MR) is 67.8 cm³/mol. The van der Waals surface area contributed by atoms with E-state index >= 15 is 0 Å². The molecule has 0 fully saturated rings. The second kappa shape index (κ2) is 6.60. The van der Waals surface area contributed by atoms with Crippen molar-refractivity contribution >= 4 is 17.5 Å². The molecule has 0 heterocycles. The summed E-state index contributed by atoms with van der Waals surface area (Å²) in [5.74, 6) is -0.458. The number of nitrogens with one attached hydrogen (secondary N) is 1. The highest BCUT2D eigenvalue weighted by Gasteiger charge is 2.13. The maximum atomic E-state index is 13.3. The molecule has 1 aromatic rings. The number of amides is 1. The van der Waals surface area contributed by atoms with Gasteiger partial charge in [-0.1, -0.05) is 26.0 Å². The third kappa shape index (κ3) is 4.73. The molecule has 0 spiro atoms. The van der Waals surface area contributed by atoms with Crippen molar-refractivity contribution in [1.82, 2.24) is 5.32 Å². The average molecular weight is 258 g/mol. The van der Waals surface area contributed by atoms with E-state index in [0.29, 0.717) is 12.5 Å². The molecule has 0 saturated carbocycles. The van der Waals surface area contributed by atoms with Gasteiger partial charge in [0.2, 0.25) is 0 Å². The molecule has 0 aromatic heterocycles. The number of halogens is 2. The number of hydrogen-bond acceptors (Lipinski definition) is 1. The molecule has 4 heteroatoms. The van der Waals surface area contributed by atoms with Gasteiger partial charge in [-0.05, 0) is 24.5 Å². The van der Waals surface area contributed by atoms with E-state index in [9.17, 15) is 9.18 Å². The van der Waals surface area contributed by atoms with Gasteiger partial charge in [0.05, 0.1) is 10.9 Å². The molecular weight excluding hydrogens is 241 g/mol. The number of benzene rings is 1. The largest absolute Gasteiger partial charge is 0.350 e. The van der Waals surface area contributed by atoms with Crippen molar-refractivity contribution in [3.8, 4) is 0 Å².